The van der Waals surface area contributed by atoms with E-state index in [1.54, 1.807) is 0 Å². The van der Waals surface area contributed by atoms with E-state index in [1.807, 2.05) is 24.3 Å². The second kappa shape index (κ2) is 12.1. The molecule has 1 aromatic rings. The molecule has 0 radical (unpaired) electrons. The second-order valence-corrected chi connectivity index (χ2v) is 24.9. The van der Waals surface area contributed by atoms with E-state index in [0.717, 1.165) is 17.8 Å². The van der Waals surface area contributed by atoms with Crippen LogP contribution in [0.25, 0.3) is 0 Å². The van der Waals surface area contributed by atoms with E-state index in [2.05, 4.69) is 45.7 Å². The third-order valence-corrected chi connectivity index (χ3v) is 15.8. The van der Waals surface area contributed by atoms with Gasteiger partial charge in [-0.2, -0.15) is 0 Å². The van der Waals surface area contributed by atoms with Crippen LogP contribution in [0.5, 0.6) is 0 Å². The molecule has 0 fully saturated rings. The molecule has 5 heteroatoms. The van der Waals surface area contributed by atoms with Gasteiger partial charge in [0.1, 0.15) is 0 Å². The summed E-state index contributed by atoms with van der Waals surface area (Å²) in [5.41, 5.74) is 0. The van der Waals surface area contributed by atoms with Crippen LogP contribution in [0.1, 0.15) is 39.5 Å². The van der Waals surface area contributed by atoms with Crippen molar-refractivity contribution < 1.29 is 0 Å². The Morgan fingerprint density at radius 2 is 1.26 bits per heavy atom. The molecule has 0 aliphatic rings. The molecule has 1 aromatic carbocycles. The number of benzene rings is 1. The van der Waals surface area contributed by atoms with Gasteiger partial charge in [0.05, 0.1) is 0 Å². The quantitative estimate of drug-likeness (QED) is 0.325. The normalized spacial score (nSPS) is 10.8. The minimum absolute atomic E-state index is 1.10. The Balaban J connectivity index is 0.000000356. The van der Waals surface area contributed by atoms with Gasteiger partial charge in [-0.15, -0.1) is 0 Å². The van der Waals surface area contributed by atoms with E-state index in [9.17, 15) is 0 Å². The zero-order chi connectivity index (χ0) is 14.7. The fraction of sp³-hybridized carbons (Fsp3) is 0.571. The first-order chi connectivity index (χ1) is 8.93. The van der Waals surface area contributed by atoms with Gasteiger partial charge in [0.2, 0.25) is 0 Å². The van der Waals surface area contributed by atoms with Crippen molar-refractivity contribution in [2.45, 2.75) is 48.4 Å². The van der Waals surface area contributed by atoms with Gasteiger partial charge in [0.15, 0.2) is 0 Å². The van der Waals surface area contributed by atoms with Crippen LogP contribution in [-0.4, -0.2) is 16.1 Å². The third kappa shape index (κ3) is 11.8. The van der Waals surface area contributed by atoms with E-state index in [0.29, 0.717) is 0 Å². The molecule has 0 bridgehead atoms. The summed E-state index contributed by atoms with van der Waals surface area (Å²) in [6.45, 7) is 4.38. The maximum absolute atomic E-state index is 6.27. The summed E-state index contributed by atoms with van der Waals surface area (Å²) in [7, 11) is 12.5. The van der Waals surface area contributed by atoms with Crippen LogP contribution in [0.3, 0.4) is 0 Å². The molecular weight excluding hydrogens is 518 g/mol. The molecule has 0 atom stereocenters. The van der Waals surface area contributed by atoms with Crippen molar-refractivity contribution in [2.24, 2.45) is 0 Å². The Kier molecular flexibility index (Phi) is 13.1. The molecular formula is C14H22Br2Cl2Sn. The van der Waals surface area contributed by atoms with Crippen LogP contribution < -0.4 is 0 Å². The van der Waals surface area contributed by atoms with E-state index in [1.165, 1.54) is 25.7 Å². The van der Waals surface area contributed by atoms with Gasteiger partial charge < -0.3 is 0 Å². The number of hydrogen-bond donors (Lipinski definition) is 0. The SMILES string of the molecule is Brc1ccccc1Br.CCC[CH2][Sn]([Cl])([Cl])[CH2]CCC. The molecule has 0 nitrogen and oxygen atoms in total. The van der Waals surface area contributed by atoms with E-state index >= 15 is 0 Å². The Hall–Kier alpha value is 1.56. The van der Waals surface area contributed by atoms with E-state index in [4.69, 9.17) is 17.8 Å². The molecule has 0 amide bonds. The summed E-state index contributed by atoms with van der Waals surface area (Å²) in [5, 5.41) is 0. The molecule has 0 saturated carbocycles. The maximum atomic E-state index is 6.27. The predicted molar refractivity (Wildman–Crippen MR) is 98.7 cm³/mol. The molecule has 19 heavy (non-hydrogen) atoms. The summed E-state index contributed by atoms with van der Waals surface area (Å²) in [6, 6.07) is 7.94. The molecule has 0 aliphatic heterocycles. The molecule has 0 aliphatic carbocycles. The Bertz CT molecular complexity index is 315. The number of unbranched alkanes of at least 4 members (excludes halogenated alkanes) is 2. The van der Waals surface area contributed by atoms with E-state index < -0.39 is 16.1 Å². The summed E-state index contributed by atoms with van der Waals surface area (Å²) in [5.74, 6) is 0. The zero-order valence-electron chi connectivity index (χ0n) is 11.6. The first-order valence-electron chi connectivity index (χ1n) is 6.70. The van der Waals surface area contributed by atoms with Gasteiger partial charge >= 0.3 is 82.4 Å². The van der Waals surface area contributed by atoms with Crippen molar-refractivity contribution in [1.82, 2.24) is 0 Å². The Labute approximate surface area is 146 Å². The van der Waals surface area contributed by atoms with Crippen molar-refractivity contribution in [3.63, 3.8) is 0 Å². The van der Waals surface area contributed by atoms with Crippen LogP contribution >= 0.6 is 49.7 Å². The average molecular weight is 540 g/mol. The molecule has 0 heterocycles. The van der Waals surface area contributed by atoms with Crippen molar-refractivity contribution in [3.8, 4) is 0 Å². The molecule has 0 spiro atoms. The number of rotatable bonds is 6. The van der Waals surface area contributed by atoms with Crippen molar-refractivity contribution in [1.29, 1.82) is 0 Å². The van der Waals surface area contributed by atoms with Gasteiger partial charge in [0, 0.05) is 8.95 Å². The summed E-state index contributed by atoms with van der Waals surface area (Å²) >= 11 is 4.21. The van der Waals surface area contributed by atoms with E-state index in [-0.39, 0.29) is 0 Å². The molecule has 0 N–H and O–H groups in total. The topological polar surface area (TPSA) is 0 Å². The minimum atomic E-state index is -2.49. The van der Waals surface area contributed by atoms with Gasteiger partial charge in [-0.1, -0.05) is 12.1 Å². The summed E-state index contributed by atoms with van der Waals surface area (Å²) in [6.07, 6.45) is 4.91. The zero-order valence-corrected chi connectivity index (χ0v) is 19.1. The molecule has 0 aromatic heterocycles. The fourth-order valence-electron chi connectivity index (χ4n) is 1.44. The summed E-state index contributed by atoms with van der Waals surface area (Å²) in [4.78, 5) is 0. The standard InChI is InChI=1S/C6H4Br2.2C4H9.2ClH.Sn/c7-5-3-1-2-4-6(5)8;2*1-3-4-2;;;/h1-4H;2*1,3-4H2,2H3;2*1H;/q;;;;;+2/p-2. The Morgan fingerprint density at radius 1 is 0.895 bits per heavy atom. The van der Waals surface area contributed by atoms with Crippen molar-refractivity contribution in [3.05, 3.63) is 33.2 Å². The van der Waals surface area contributed by atoms with Crippen LogP contribution in [0.15, 0.2) is 33.2 Å². The van der Waals surface area contributed by atoms with Crippen LogP contribution in [0.2, 0.25) is 8.87 Å². The number of hydrogen-bond acceptors (Lipinski definition) is 0. The first kappa shape index (κ1) is 20.6. The van der Waals surface area contributed by atoms with Gasteiger partial charge in [0.25, 0.3) is 0 Å². The number of halogens is 4. The van der Waals surface area contributed by atoms with Crippen LogP contribution in [0, 0.1) is 0 Å². The third-order valence-electron chi connectivity index (χ3n) is 2.62. The second-order valence-electron chi connectivity index (χ2n) is 4.48. The fourth-order valence-corrected chi connectivity index (χ4v) is 11.3. The Morgan fingerprint density at radius 3 is 1.53 bits per heavy atom. The van der Waals surface area contributed by atoms with Gasteiger partial charge in [-0.3, -0.25) is 0 Å². The first-order valence-corrected chi connectivity index (χ1v) is 19.6. The molecule has 0 unspecified atom stereocenters. The monoisotopic (exact) mass is 538 g/mol. The van der Waals surface area contributed by atoms with Crippen LogP contribution in [-0.2, 0) is 0 Å². The summed E-state index contributed by atoms with van der Waals surface area (Å²) < 4.78 is 4.49. The molecule has 110 valence electrons. The van der Waals surface area contributed by atoms with Gasteiger partial charge in [-0.05, 0) is 44.0 Å². The van der Waals surface area contributed by atoms with Crippen molar-refractivity contribution >= 4 is 65.8 Å². The molecule has 1 rings (SSSR count). The predicted octanol–water partition coefficient (Wildman–Crippen LogP) is 7.72. The van der Waals surface area contributed by atoms with Crippen molar-refractivity contribution in [2.75, 3.05) is 0 Å². The average Bonchev–Trinajstić information content (AvgIpc) is 2.38. The van der Waals surface area contributed by atoms with Crippen LogP contribution in [0.4, 0.5) is 0 Å². The molecule has 0 saturated heterocycles. The van der Waals surface area contributed by atoms with Gasteiger partial charge in [-0.25, -0.2) is 0 Å².